The molecule has 0 atom stereocenters. The minimum Gasteiger partial charge on any atom is -0.495 e. The Balaban J connectivity index is 1.70. The van der Waals surface area contributed by atoms with Crippen LogP contribution in [-0.2, 0) is 6.54 Å². The largest absolute Gasteiger partial charge is 0.495 e. The summed E-state index contributed by atoms with van der Waals surface area (Å²) in [6.45, 7) is 4.32. The van der Waals surface area contributed by atoms with E-state index in [2.05, 4.69) is 15.6 Å². The third-order valence-electron chi connectivity index (χ3n) is 4.39. The van der Waals surface area contributed by atoms with Gasteiger partial charge in [0, 0.05) is 6.54 Å². The lowest BCUT2D eigenvalue weighted by Gasteiger charge is -2.11. The van der Waals surface area contributed by atoms with Crippen LogP contribution in [0.4, 0.5) is 5.69 Å². The van der Waals surface area contributed by atoms with Crippen molar-refractivity contribution in [3.63, 3.8) is 0 Å². The second kappa shape index (κ2) is 9.01. The van der Waals surface area contributed by atoms with E-state index in [0.29, 0.717) is 18.0 Å². The van der Waals surface area contributed by atoms with E-state index in [1.54, 1.807) is 24.3 Å². The molecule has 1 heterocycles. The first kappa shape index (κ1) is 20.1. The Kier molecular flexibility index (Phi) is 6.24. The number of aromatic nitrogens is 1. The number of nitrogens with one attached hydrogen (secondary N) is 2. The molecule has 0 spiro atoms. The van der Waals surface area contributed by atoms with Crippen molar-refractivity contribution in [1.82, 2.24) is 10.3 Å². The molecule has 0 radical (unpaired) electrons. The molecule has 2 N–H and O–H groups in total. The summed E-state index contributed by atoms with van der Waals surface area (Å²) >= 11 is 0. The molecule has 0 fully saturated rings. The number of benzene rings is 2. The topological polar surface area (TPSA) is 80.3 Å². The third kappa shape index (κ3) is 5.19. The first-order chi connectivity index (χ1) is 14.0. The van der Waals surface area contributed by atoms with Crippen molar-refractivity contribution in [3.8, 4) is 5.75 Å². The van der Waals surface area contributed by atoms with Gasteiger partial charge in [-0.3, -0.25) is 9.59 Å². The molecule has 29 heavy (non-hydrogen) atoms. The van der Waals surface area contributed by atoms with Gasteiger partial charge in [-0.05, 0) is 49.2 Å². The Morgan fingerprint density at radius 3 is 2.24 bits per heavy atom. The molecule has 0 aliphatic heterocycles. The zero-order chi connectivity index (χ0) is 20.8. The number of carbonyl (C=O) groups excluding carboxylic acids is 2. The Bertz CT molecular complexity index is 1030. The summed E-state index contributed by atoms with van der Waals surface area (Å²) in [5, 5.41) is 5.61. The highest BCUT2D eigenvalue weighted by atomic mass is 16.5. The summed E-state index contributed by atoms with van der Waals surface area (Å²) in [7, 11) is 1.54. The van der Waals surface area contributed by atoms with Gasteiger partial charge in [-0.2, -0.15) is 0 Å². The molecule has 3 rings (SSSR count). The van der Waals surface area contributed by atoms with Crippen LogP contribution in [0.15, 0.2) is 60.7 Å². The van der Waals surface area contributed by atoms with E-state index in [1.165, 1.54) is 7.11 Å². The predicted octanol–water partition coefficient (Wildman–Crippen LogP) is 3.89. The smallest absolute Gasteiger partial charge is 0.274 e. The second-order valence-corrected chi connectivity index (χ2v) is 6.73. The van der Waals surface area contributed by atoms with Gasteiger partial charge in [0.05, 0.1) is 12.8 Å². The van der Waals surface area contributed by atoms with Crippen molar-refractivity contribution in [2.24, 2.45) is 0 Å². The number of carbonyl (C=O) groups is 2. The fourth-order valence-corrected chi connectivity index (χ4v) is 2.77. The normalized spacial score (nSPS) is 10.3. The van der Waals surface area contributed by atoms with Gasteiger partial charge in [0.25, 0.3) is 11.8 Å². The van der Waals surface area contributed by atoms with Gasteiger partial charge >= 0.3 is 0 Å². The van der Waals surface area contributed by atoms with Crippen molar-refractivity contribution in [1.29, 1.82) is 0 Å². The lowest BCUT2D eigenvalue weighted by Crippen LogP contribution is -2.25. The van der Waals surface area contributed by atoms with E-state index in [4.69, 9.17) is 4.74 Å². The quantitative estimate of drug-likeness (QED) is 0.670. The molecule has 3 aromatic rings. The molecule has 148 valence electrons. The molecule has 1 aromatic heterocycles. The zero-order valence-electron chi connectivity index (χ0n) is 16.7. The number of pyridine rings is 1. The van der Waals surface area contributed by atoms with Crippen molar-refractivity contribution in [3.05, 3.63) is 88.7 Å². The average Bonchev–Trinajstić information content (AvgIpc) is 2.73. The highest BCUT2D eigenvalue weighted by Crippen LogP contribution is 2.25. The summed E-state index contributed by atoms with van der Waals surface area (Å²) in [5.74, 6) is -0.202. The number of ether oxygens (including phenoxy) is 1. The van der Waals surface area contributed by atoms with Gasteiger partial charge in [-0.1, -0.05) is 42.0 Å². The molecule has 2 amide bonds. The predicted molar refractivity (Wildman–Crippen MR) is 112 cm³/mol. The van der Waals surface area contributed by atoms with Crippen LogP contribution in [0.2, 0.25) is 0 Å². The Morgan fingerprint density at radius 1 is 0.897 bits per heavy atom. The maximum Gasteiger partial charge on any atom is 0.274 e. The standard InChI is InChI=1S/C23H23N3O3/c1-15-7-10-17(11-8-15)14-24-22(27)18-5-4-6-19(25-18)23(28)26-20-13-16(2)9-12-21(20)29-3/h4-13H,14H2,1-3H3,(H,24,27)(H,26,28). The molecule has 0 aliphatic rings. The summed E-state index contributed by atoms with van der Waals surface area (Å²) in [6, 6.07) is 18.2. The number of rotatable bonds is 6. The van der Waals surface area contributed by atoms with Gasteiger partial charge in [0.2, 0.25) is 0 Å². The van der Waals surface area contributed by atoms with Crippen molar-refractivity contribution in [2.75, 3.05) is 12.4 Å². The number of methoxy groups -OCH3 is 1. The van der Waals surface area contributed by atoms with Crippen LogP contribution in [0, 0.1) is 13.8 Å². The van der Waals surface area contributed by atoms with E-state index in [1.807, 2.05) is 50.2 Å². The first-order valence-corrected chi connectivity index (χ1v) is 9.23. The maximum atomic E-state index is 12.6. The van der Waals surface area contributed by atoms with E-state index in [0.717, 1.165) is 16.7 Å². The monoisotopic (exact) mass is 389 g/mol. The molecular weight excluding hydrogens is 366 g/mol. The minimum atomic E-state index is -0.415. The number of nitrogens with zero attached hydrogens (tertiary/aromatic N) is 1. The van der Waals surface area contributed by atoms with E-state index >= 15 is 0 Å². The van der Waals surface area contributed by atoms with Crippen LogP contribution >= 0.6 is 0 Å². The van der Waals surface area contributed by atoms with Gasteiger partial charge in [0.15, 0.2) is 0 Å². The average molecular weight is 389 g/mol. The summed E-state index contributed by atoms with van der Waals surface area (Å²) in [4.78, 5) is 29.3. The van der Waals surface area contributed by atoms with Crippen LogP contribution < -0.4 is 15.4 Å². The SMILES string of the molecule is COc1ccc(C)cc1NC(=O)c1cccc(C(=O)NCc2ccc(C)cc2)n1. The van der Waals surface area contributed by atoms with Crippen molar-refractivity contribution in [2.45, 2.75) is 20.4 Å². The third-order valence-corrected chi connectivity index (χ3v) is 4.39. The van der Waals surface area contributed by atoms with Crippen LogP contribution in [0.25, 0.3) is 0 Å². The minimum absolute atomic E-state index is 0.150. The van der Waals surface area contributed by atoms with Crippen molar-refractivity contribution >= 4 is 17.5 Å². The molecule has 0 saturated carbocycles. The zero-order valence-corrected chi connectivity index (χ0v) is 16.7. The highest BCUT2D eigenvalue weighted by Gasteiger charge is 2.14. The summed E-state index contributed by atoms with van der Waals surface area (Å²) in [6.07, 6.45) is 0. The molecule has 6 heteroatoms. The molecule has 2 aromatic carbocycles. The maximum absolute atomic E-state index is 12.6. The lowest BCUT2D eigenvalue weighted by molar-refractivity contribution is 0.0945. The molecular formula is C23H23N3O3. The summed E-state index contributed by atoms with van der Waals surface area (Å²) in [5.41, 5.74) is 4.01. The van der Waals surface area contributed by atoms with Crippen LogP contribution in [0.1, 0.15) is 37.7 Å². The molecule has 0 unspecified atom stereocenters. The molecule has 6 nitrogen and oxygen atoms in total. The number of aryl methyl sites for hydroxylation is 2. The van der Waals surface area contributed by atoms with Gasteiger partial charge < -0.3 is 15.4 Å². The van der Waals surface area contributed by atoms with Crippen LogP contribution in [0.5, 0.6) is 5.75 Å². The van der Waals surface area contributed by atoms with Crippen LogP contribution in [-0.4, -0.2) is 23.9 Å². The molecule has 0 bridgehead atoms. The first-order valence-electron chi connectivity index (χ1n) is 9.23. The number of amides is 2. The molecule has 0 saturated heterocycles. The number of hydrogen-bond acceptors (Lipinski definition) is 4. The van der Waals surface area contributed by atoms with Gasteiger partial charge in [-0.25, -0.2) is 4.98 Å². The van der Waals surface area contributed by atoms with E-state index < -0.39 is 5.91 Å². The van der Waals surface area contributed by atoms with Crippen molar-refractivity contribution < 1.29 is 14.3 Å². The molecule has 0 aliphatic carbocycles. The Morgan fingerprint density at radius 2 is 1.55 bits per heavy atom. The fraction of sp³-hybridized carbons (Fsp3) is 0.174. The highest BCUT2D eigenvalue weighted by molar-refractivity contribution is 6.04. The Hall–Kier alpha value is -3.67. The number of anilines is 1. The van der Waals surface area contributed by atoms with E-state index in [-0.39, 0.29) is 17.3 Å². The Labute approximate surface area is 169 Å². The van der Waals surface area contributed by atoms with Gasteiger partial charge in [0.1, 0.15) is 17.1 Å². The van der Waals surface area contributed by atoms with Gasteiger partial charge in [-0.15, -0.1) is 0 Å². The number of hydrogen-bond donors (Lipinski definition) is 2. The summed E-state index contributed by atoms with van der Waals surface area (Å²) < 4.78 is 5.28. The van der Waals surface area contributed by atoms with Crippen LogP contribution in [0.3, 0.4) is 0 Å². The lowest BCUT2D eigenvalue weighted by atomic mass is 10.1. The fourth-order valence-electron chi connectivity index (χ4n) is 2.77. The second-order valence-electron chi connectivity index (χ2n) is 6.73. The van der Waals surface area contributed by atoms with E-state index in [9.17, 15) is 9.59 Å².